The number of aromatic nitrogens is 3. The molecule has 7 nitrogen and oxygen atoms in total. The van der Waals surface area contributed by atoms with E-state index >= 15 is 0 Å². The average molecular weight is 416 g/mol. The molecule has 2 heterocycles. The molecule has 31 heavy (non-hydrogen) atoms. The highest BCUT2D eigenvalue weighted by molar-refractivity contribution is 5.82. The number of amides is 1. The molecule has 0 bridgehead atoms. The maximum atomic E-state index is 12.4. The lowest BCUT2D eigenvalue weighted by molar-refractivity contribution is -0.121. The van der Waals surface area contributed by atoms with Gasteiger partial charge < -0.3 is 14.8 Å². The number of H-pyrrole nitrogens is 1. The Hall–Kier alpha value is -3.74. The number of nitrogens with one attached hydrogen (secondary N) is 2. The van der Waals surface area contributed by atoms with Gasteiger partial charge in [0.15, 0.2) is 0 Å². The molecule has 0 aliphatic heterocycles. The van der Waals surface area contributed by atoms with Crippen LogP contribution < -0.4 is 10.9 Å². The Morgan fingerprint density at radius 3 is 2.77 bits per heavy atom. The molecule has 2 aromatic carbocycles. The van der Waals surface area contributed by atoms with Gasteiger partial charge in [-0.05, 0) is 49.4 Å². The van der Waals surface area contributed by atoms with Gasteiger partial charge in [-0.1, -0.05) is 47.1 Å². The summed E-state index contributed by atoms with van der Waals surface area (Å²) in [5, 5.41) is 7.85. The van der Waals surface area contributed by atoms with Crippen molar-refractivity contribution in [2.24, 2.45) is 0 Å². The molecule has 0 aliphatic rings. The minimum absolute atomic E-state index is 0.0302. The van der Waals surface area contributed by atoms with Gasteiger partial charge in [-0.2, -0.15) is 4.98 Å². The first-order valence-corrected chi connectivity index (χ1v) is 10.3. The molecule has 7 heteroatoms. The molecule has 4 rings (SSSR count). The van der Waals surface area contributed by atoms with Crippen molar-refractivity contribution in [2.45, 2.75) is 39.2 Å². The summed E-state index contributed by atoms with van der Waals surface area (Å²) in [5.74, 6) is 0.627. The van der Waals surface area contributed by atoms with Crippen LogP contribution >= 0.6 is 0 Å². The number of nitrogens with zero attached hydrogens (tertiary/aromatic N) is 2. The zero-order valence-corrected chi connectivity index (χ0v) is 17.5. The van der Waals surface area contributed by atoms with E-state index in [0.717, 1.165) is 22.0 Å². The average Bonchev–Trinajstić information content (AvgIpc) is 3.22. The van der Waals surface area contributed by atoms with Crippen molar-refractivity contribution in [1.82, 2.24) is 20.4 Å². The van der Waals surface area contributed by atoms with E-state index in [1.54, 1.807) is 6.07 Å². The third-order valence-electron chi connectivity index (χ3n) is 5.18. The molecule has 0 fully saturated rings. The van der Waals surface area contributed by atoms with Crippen molar-refractivity contribution >= 4 is 16.8 Å². The van der Waals surface area contributed by atoms with Gasteiger partial charge in [-0.3, -0.25) is 9.59 Å². The fourth-order valence-corrected chi connectivity index (χ4v) is 3.50. The number of carbonyl (C=O) groups excluding carboxylic acids is 1. The van der Waals surface area contributed by atoms with Crippen LogP contribution in [0, 0.1) is 6.92 Å². The lowest BCUT2D eigenvalue weighted by Gasteiger charge is -2.13. The quantitative estimate of drug-likeness (QED) is 0.473. The van der Waals surface area contributed by atoms with Crippen molar-refractivity contribution < 1.29 is 9.32 Å². The molecule has 0 aliphatic carbocycles. The van der Waals surface area contributed by atoms with Gasteiger partial charge in [0.05, 0.1) is 11.6 Å². The molecule has 0 saturated heterocycles. The highest BCUT2D eigenvalue weighted by Crippen LogP contribution is 2.19. The van der Waals surface area contributed by atoms with Crippen LogP contribution in [0.4, 0.5) is 0 Å². The standard InChI is InChI=1S/C24H24N4O3/c1-15-11-12-20-18(13-15)14-19(24(30)26-20)23-27-22(31-28-23)10-6-9-21(29)25-16(2)17-7-4-3-5-8-17/h3-5,7-8,11-14,16H,6,9-10H2,1-2H3,(H,25,29)(H,26,30)/t16-/m1/s1. The van der Waals surface area contributed by atoms with Crippen LogP contribution in [0.5, 0.6) is 0 Å². The van der Waals surface area contributed by atoms with Crippen LogP contribution in [-0.2, 0) is 11.2 Å². The number of hydrogen-bond donors (Lipinski definition) is 2. The molecule has 1 atom stereocenters. The Morgan fingerprint density at radius 2 is 1.97 bits per heavy atom. The first kappa shape index (κ1) is 20.5. The first-order chi connectivity index (χ1) is 15.0. The largest absolute Gasteiger partial charge is 0.350 e. The van der Waals surface area contributed by atoms with E-state index in [0.29, 0.717) is 30.7 Å². The number of aryl methyl sites for hydroxylation is 2. The van der Waals surface area contributed by atoms with E-state index in [1.165, 1.54) is 0 Å². The van der Waals surface area contributed by atoms with E-state index in [1.807, 2.05) is 62.4 Å². The molecule has 0 radical (unpaired) electrons. The highest BCUT2D eigenvalue weighted by Gasteiger charge is 2.14. The molecular weight excluding hydrogens is 392 g/mol. The second-order valence-corrected chi connectivity index (χ2v) is 7.67. The van der Waals surface area contributed by atoms with Gasteiger partial charge in [0.1, 0.15) is 0 Å². The zero-order chi connectivity index (χ0) is 21.8. The summed E-state index contributed by atoms with van der Waals surface area (Å²) >= 11 is 0. The molecule has 158 valence electrons. The van der Waals surface area contributed by atoms with E-state index in [-0.39, 0.29) is 23.3 Å². The Balaban J connectivity index is 1.36. The Morgan fingerprint density at radius 1 is 1.16 bits per heavy atom. The van der Waals surface area contributed by atoms with Crippen LogP contribution in [0.3, 0.4) is 0 Å². The number of fused-ring (bicyclic) bond motifs is 1. The molecular formula is C24H24N4O3. The number of pyridine rings is 1. The van der Waals surface area contributed by atoms with Gasteiger partial charge in [-0.15, -0.1) is 0 Å². The molecule has 1 amide bonds. The number of aromatic amines is 1. The normalized spacial score (nSPS) is 12.1. The predicted octanol–water partition coefficient (Wildman–Crippen LogP) is 4.09. The summed E-state index contributed by atoms with van der Waals surface area (Å²) in [6.07, 6.45) is 1.39. The first-order valence-electron chi connectivity index (χ1n) is 10.3. The molecule has 0 spiro atoms. The predicted molar refractivity (Wildman–Crippen MR) is 119 cm³/mol. The van der Waals surface area contributed by atoms with Gasteiger partial charge in [0.25, 0.3) is 5.56 Å². The second-order valence-electron chi connectivity index (χ2n) is 7.67. The number of carbonyl (C=O) groups is 1. The van der Waals surface area contributed by atoms with Crippen molar-refractivity contribution in [2.75, 3.05) is 0 Å². The topological polar surface area (TPSA) is 101 Å². The summed E-state index contributed by atoms with van der Waals surface area (Å²) in [6, 6.07) is 17.4. The van der Waals surface area contributed by atoms with Gasteiger partial charge >= 0.3 is 0 Å². The van der Waals surface area contributed by atoms with Crippen LogP contribution in [0.1, 0.15) is 42.8 Å². The Bertz CT molecular complexity index is 1260. The van der Waals surface area contributed by atoms with Crippen LogP contribution in [-0.4, -0.2) is 21.0 Å². The van der Waals surface area contributed by atoms with E-state index < -0.39 is 0 Å². The number of benzene rings is 2. The Kier molecular flexibility index (Phi) is 5.93. The SMILES string of the molecule is Cc1ccc2[nH]c(=O)c(-c3noc(CCCC(=O)N[C@H](C)c4ccccc4)n3)cc2c1. The van der Waals surface area contributed by atoms with Crippen LogP contribution in [0.25, 0.3) is 22.3 Å². The van der Waals surface area contributed by atoms with Crippen molar-refractivity contribution in [3.8, 4) is 11.4 Å². The smallest absolute Gasteiger partial charge is 0.259 e. The minimum Gasteiger partial charge on any atom is -0.350 e. The molecule has 0 saturated carbocycles. The van der Waals surface area contributed by atoms with Crippen molar-refractivity contribution in [1.29, 1.82) is 0 Å². The fourth-order valence-electron chi connectivity index (χ4n) is 3.50. The summed E-state index contributed by atoms with van der Waals surface area (Å²) in [7, 11) is 0. The second kappa shape index (κ2) is 8.95. The maximum absolute atomic E-state index is 12.4. The van der Waals surface area contributed by atoms with Crippen LogP contribution in [0.2, 0.25) is 0 Å². The Labute approximate surface area is 179 Å². The van der Waals surface area contributed by atoms with Gasteiger partial charge in [0.2, 0.25) is 17.6 Å². The summed E-state index contributed by atoms with van der Waals surface area (Å²) in [4.78, 5) is 31.8. The van der Waals surface area contributed by atoms with E-state index in [2.05, 4.69) is 20.4 Å². The zero-order valence-electron chi connectivity index (χ0n) is 17.5. The van der Waals surface area contributed by atoms with Crippen LogP contribution in [0.15, 0.2) is 63.9 Å². The molecule has 4 aromatic rings. The molecule has 2 N–H and O–H groups in total. The third kappa shape index (κ3) is 4.88. The minimum atomic E-state index is -0.266. The summed E-state index contributed by atoms with van der Waals surface area (Å²) < 4.78 is 5.30. The lowest BCUT2D eigenvalue weighted by atomic mass is 10.1. The van der Waals surface area contributed by atoms with Crippen molar-refractivity contribution in [3.63, 3.8) is 0 Å². The fraction of sp³-hybridized carbons (Fsp3) is 0.250. The van der Waals surface area contributed by atoms with Crippen molar-refractivity contribution in [3.05, 3.63) is 82.0 Å². The monoisotopic (exact) mass is 416 g/mol. The third-order valence-corrected chi connectivity index (χ3v) is 5.18. The van der Waals surface area contributed by atoms with E-state index in [4.69, 9.17) is 4.52 Å². The summed E-state index contributed by atoms with van der Waals surface area (Å²) in [6.45, 7) is 3.95. The number of rotatable bonds is 7. The lowest BCUT2D eigenvalue weighted by Crippen LogP contribution is -2.26. The molecule has 2 aromatic heterocycles. The highest BCUT2D eigenvalue weighted by atomic mass is 16.5. The van der Waals surface area contributed by atoms with Gasteiger partial charge in [-0.25, -0.2) is 0 Å². The summed E-state index contributed by atoms with van der Waals surface area (Å²) in [5.41, 5.74) is 3.02. The van der Waals surface area contributed by atoms with Gasteiger partial charge in [0, 0.05) is 18.4 Å². The molecule has 0 unspecified atom stereocenters. The maximum Gasteiger partial charge on any atom is 0.259 e. The number of hydrogen-bond acceptors (Lipinski definition) is 5. The van der Waals surface area contributed by atoms with E-state index in [9.17, 15) is 9.59 Å².